The molecule has 0 amide bonds. The van der Waals surface area contributed by atoms with Crippen LogP contribution in [0.2, 0.25) is 0 Å². The van der Waals surface area contributed by atoms with Crippen molar-refractivity contribution in [3.05, 3.63) is 72.9 Å². The van der Waals surface area contributed by atoms with Crippen LogP contribution >= 0.6 is 0 Å². The lowest BCUT2D eigenvalue weighted by atomic mass is 10.0. The summed E-state index contributed by atoms with van der Waals surface area (Å²) in [5.41, 5.74) is 0. The van der Waals surface area contributed by atoms with Gasteiger partial charge in [-0.05, 0) is 89.9 Å². The molecule has 0 aliphatic heterocycles. The largest absolute Gasteiger partial charge is 0.462 e. The van der Waals surface area contributed by atoms with E-state index in [-0.39, 0.29) is 31.1 Å². The monoisotopic (exact) mass is 949 g/mol. The Morgan fingerprint density at radius 1 is 0.309 bits per heavy atom. The summed E-state index contributed by atoms with van der Waals surface area (Å²) in [5.74, 6) is -0.913. The molecule has 0 aliphatic carbocycles. The van der Waals surface area contributed by atoms with Crippen LogP contribution in [0.3, 0.4) is 0 Å². The van der Waals surface area contributed by atoms with Crippen LogP contribution in [0.15, 0.2) is 72.9 Å². The number of rotatable bonds is 52. The highest BCUT2D eigenvalue weighted by molar-refractivity contribution is 5.71. The fourth-order valence-electron chi connectivity index (χ4n) is 8.11. The summed E-state index contributed by atoms with van der Waals surface area (Å²) < 4.78 is 16.9. The molecule has 6 heteroatoms. The highest BCUT2D eigenvalue weighted by atomic mass is 16.6. The third kappa shape index (κ3) is 53.8. The quantitative estimate of drug-likeness (QED) is 0.0262. The molecule has 0 aromatic heterocycles. The number of allylic oxidation sites excluding steroid dienone is 12. The number of hydrogen-bond donors (Lipinski definition) is 0. The van der Waals surface area contributed by atoms with Gasteiger partial charge in [0.05, 0.1) is 0 Å². The van der Waals surface area contributed by atoms with Gasteiger partial charge in [-0.25, -0.2) is 0 Å². The molecule has 0 aromatic rings. The lowest BCUT2D eigenvalue weighted by Gasteiger charge is -2.18. The van der Waals surface area contributed by atoms with E-state index in [9.17, 15) is 14.4 Å². The van der Waals surface area contributed by atoms with Crippen LogP contribution in [0.25, 0.3) is 0 Å². The van der Waals surface area contributed by atoms with Crippen LogP contribution in [0.1, 0.15) is 284 Å². The zero-order valence-electron chi connectivity index (χ0n) is 44.9. The summed E-state index contributed by atoms with van der Waals surface area (Å²) in [6.07, 6.45) is 71.7. The van der Waals surface area contributed by atoms with E-state index in [0.29, 0.717) is 19.3 Å². The number of carbonyl (C=O) groups excluding carboxylic acids is 3. The van der Waals surface area contributed by atoms with Crippen LogP contribution in [-0.2, 0) is 28.6 Å². The minimum Gasteiger partial charge on any atom is -0.462 e. The third-order valence-corrected chi connectivity index (χ3v) is 12.4. The van der Waals surface area contributed by atoms with Crippen LogP contribution in [0.4, 0.5) is 0 Å². The van der Waals surface area contributed by atoms with Crippen LogP contribution in [-0.4, -0.2) is 37.2 Å². The van der Waals surface area contributed by atoms with Crippen molar-refractivity contribution < 1.29 is 28.6 Å². The van der Waals surface area contributed by atoms with E-state index < -0.39 is 6.10 Å². The highest BCUT2D eigenvalue weighted by Crippen LogP contribution is 2.16. The van der Waals surface area contributed by atoms with Gasteiger partial charge in [-0.3, -0.25) is 14.4 Å². The Hall–Kier alpha value is -3.15. The standard InChI is InChI=1S/C62H108O6/c1-4-7-10-13-16-19-22-25-28-30-31-33-34-37-40-43-46-49-52-55-61(64)67-58-59(57-66-60(63)54-51-48-45-42-39-36-27-24-21-18-15-12-9-6-3)68-62(65)56-53-50-47-44-41-38-35-32-29-26-23-20-17-14-11-8-5-2/h7,10,16,19,25-26,28-29,31,33,37,40,59H,4-6,8-9,11-15,17-18,20-24,27,30,32,34-36,38-39,41-58H2,1-3H3/b10-7-,19-16-,28-25-,29-26-,33-31-,40-37-/t59-/m1/s1. The molecule has 0 spiro atoms. The van der Waals surface area contributed by atoms with Gasteiger partial charge in [0.25, 0.3) is 0 Å². The molecule has 0 unspecified atom stereocenters. The fraction of sp³-hybridized carbons (Fsp3) is 0.758. The van der Waals surface area contributed by atoms with E-state index in [0.717, 1.165) is 96.3 Å². The summed E-state index contributed by atoms with van der Waals surface area (Å²) in [6, 6.07) is 0. The molecule has 0 saturated heterocycles. The molecule has 0 radical (unpaired) electrons. The normalized spacial score (nSPS) is 12.6. The molecular formula is C62H108O6. The molecule has 68 heavy (non-hydrogen) atoms. The zero-order chi connectivity index (χ0) is 49.3. The third-order valence-electron chi connectivity index (χ3n) is 12.4. The molecule has 6 nitrogen and oxygen atoms in total. The van der Waals surface area contributed by atoms with E-state index in [1.54, 1.807) is 0 Å². The fourth-order valence-corrected chi connectivity index (χ4v) is 8.11. The van der Waals surface area contributed by atoms with E-state index in [4.69, 9.17) is 14.2 Å². The lowest BCUT2D eigenvalue weighted by molar-refractivity contribution is -0.167. The minimum absolute atomic E-state index is 0.0854. The number of unbranched alkanes of at least 4 members (excludes halogenated alkanes) is 29. The Morgan fingerprint density at radius 2 is 0.574 bits per heavy atom. The van der Waals surface area contributed by atoms with Crippen molar-refractivity contribution in [2.45, 2.75) is 290 Å². The minimum atomic E-state index is -0.790. The Kier molecular flexibility index (Phi) is 53.8. The Morgan fingerprint density at radius 3 is 0.926 bits per heavy atom. The van der Waals surface area contributed by atoms with Gasteiger partial charge < -0.3 is 14.2 Å². The maximum Gasteiger partial charge on any atom is 0.306 e. The second-order valence-corrected chi connectivity index (χ2v) is 19.2. The van der Waals surface area contributed by atoms with Gasteiger partial charge in [0.2, 0.25) is 0 Å². The van der Waals surface area contributed by atoms with E-state index >= 15 is 0 Å². The maximum absolute atomic E-state index is 12.9. The molecule has 0 saturated carbocycles. The first-order valence-electron chi connectivity index (χ1n) is 28.9. The molecule has 0 fully saturated rings. The number of ether oxygens (including phenoxy) is 3. The molecule has 0 N–H and O–H groups in total. The second-order valence-electron chi connectivity index (χ2n) is 19.2. The van der Waals surface area contributed by atoms with Crippen LogP contribution < -0.4 is 0 Å². The van der Waals surface area contributed by atoms with Crippen molar-refractivity contribution in [1.29, 1.82) is 0 Å². The Labute approximate surface area is 421 Å². The SMILES string of the molecule is CC/C=C\C/C=C\C/C=C\C/C=C\C/C=C\CCCCCC(=O)OC[C@@H](COC(=O)CCCCCCCCCCCCCCCC)OC(=O)CCCCCCCCC/C=C\CCCCCCCC. The molecule has 0 aliphatic rings. The van der Waals surface area contributed by atoms with Crippen molar-refractivity contribution in [1.82, 2.24) is 0 Å². The van der Waals surface area contributed by atoms with Gasteiger partial charge in [0.1, 0.15) is 13.2 Å². The van der Waals surface area contributed by atoms with Gasteiger partial charge in [0, 0.05) is 19.3 Å². The lowest BCUT2D eigenvalue weighted by Crippen LogP contribution is -2.30. The van der Waals surface area contributed by atoms with E-state index in [1.165, 1.54) is 148 Å². The van der Waals surface area contributed by atoms with E-state index in [1.807, 2.05) is 0 Å². The van der Waals surface area contributed by atoms with Crippen molar-refractivity contribution >= 4 is 17.9 Å². The predicted molar refractivity (Wildman–Crippen MR) is 293 cm³/mol. The van der Waals surface area contributed by atoms with Crippen LogP contribution in [0.5, 0.6) is 0 Å². The average Bonchev–Trinajstić information content (AvgIpc) is 3.34. The molecule has 1 atom stereocenters. The molecule has 0 rings (SSSR count). The van der Waals surface area contributed by atoms with Crippen molar-refractivity contribution in [3.8, 4) is 0 Å². The molecule has 0 heterocycles. The van der Waals surface area contributed by atoms with Gasteiger partial charge in [-0.15, -0.1) is 0 Å². The number of esters is 3. The first kappa shape index (κ1) is 64.8. The topological polar surface area (TPSA) is 78.9 Å². The summed E-state index contributed by atoms with van der Waals surface area (Å²) in [4.78, 5) is 38.2. The van der Waals surface area contributed by atoms with Gasteiger partial charge in [-0.1, -0.05) is 248 Å². The van der Waals surface area contributed by atoms with E-state index in [2.05, 4.69) is 93.7 Å². The molecule has 392 valence electrons. The first-order valence-corrected chi connectivity index (χ1v) is 28.9. The maximum atomic E-state index is 12.9. The summed E-state index contributed by atoms with van der Waals surface area (Å²) >= 11 is 0. The molecular weight excluding hydrogens is 841 g/mol. The van der Waals surface area contributed by atoms with Crippen molar-refractivity contribution in [2.24, 2.45) is 0 Å². The molecule has 0 bridgehead atoms. The van der Waals surface area contributed by atoms with Gasteiger partial charge in [-0.2, -0.15) is 0 Å². The number of hydrogen-bond acceptors (Lipinski definition) is 6. The Bertz CT molecular complexity index is 1270. The van der Waals surface area contributed by atoms with Gasteiger partial charge >= 0.3 is 17.9 Å². The number of carbonyl (C=O) groups is 3. The summed E-state index contributed by atoms with van der Waals surface area (Å²) in [6.45, 7) is 6.51. The smallest absolute Gasteiger partial charge is 0.306 e. The van der Waals surface area contributed by atoms with Crippen molar-refractivity contribution in [2.75, 3.05) is 13.2 Å². The average molecular weight is 950 g/mol. The molecule has 0 aromatic carbocycles. The second kappa shape index (κ2) is 56.4. The highest BCUT2D eigenvalue weighted by Gasteiger charge is 2.19. The Balaban J connectivity index is 4.43. The first-order chi connectivity index (χ1) is 33.5. The summed E-state index contributed by atoms with van der Waals surface area (Å²) in [5, 5.41) is 0. The summed E-state index contributed by atoms with van der Waals surface area (Å²) in [7, 11) is 0. The van der Waals surface area contributed by atoms with Gasteiger partial charge in [0.15, 0.2) is 6.10 Å². The zero-order valence-corrected chi connectivity index (χ0v) is 44.9. The van der Waals surface area contributed by atoms with Crippen LogP contribution in [0, 0.1) is 0 Å². The predicted octanol–water partition coefficient (Wildman–Crippen LogP) is 19.4. The van der Waals surface area contributed by atoms with Crippen molar-refractivity contribution in [3.63, 3.8) is 0 Å².